The van der Waals surface area contributed by atoms with Crippen LogP contribution < -0.4 is 15.4 Å². The van der Waals surface area contributed by atoms with Crippen molar-refractivity contribution in [1.82, 2.24) is 15.5 Å². The fraction of sp³-hybridized carbons (Fsp3) is 0.632. The monoisotopic (exact) mass is 492 g/mol. The average molecular weight is 492 g/mol. The van der Waals surface area contributed by atoms with E-state index in [0.717, 1.165) is 49.6 Å². The molecule has 1 atom stereocenters. The van der Waals surface area contributed by atoms with E-state index in [1.54, 1.807) is 0 Å². The minimum atomic E-state index is 0. The first-order chi connectivity index (χ1) is 12.2. The Morgan fingerprint density at radius 2 is 2.04 bits per heavy atom. The van der Waals surface area contributed by atoms with E-state index >= 15 is 0 Å². The Bertz CT molecular complexity index is 519. The molecule has 0 amide bonds. The number of hydrogen-bond donors (Lipinski definition) is 2. The van der Waals surface area contributed by atoms with Gasteiger partial charge in [-0.15, -0.1) is 24.0 Å². The molecular formula is C19H33IN4OS. The quantitative estimate of drug-likeness (QED) is 0.240. The lowest BCUT2D eigenvalue weighted by Crippen LogP contribution is -2.39. The van der Waals surface area contributed by atoms with Crippen molar-refractivity contribution >= 4 is 41.7 Å². The van der Waals surface area contributed by atoms with Gasteiger partial charge in [0.25, 0.3) is 0 Å². The number of ether oxygens (including phenoxy) is 1. The maximum atomic E-state index is 5.77. The van der Waals surface area contributed by atoms with E-state index in [1.807, 2.05) is 19.2 Å². The zero-order valence-electron chi connectivity index (χ0n) is 16.2. The van der Waals surface area contributed by atoms with Crippen LogP contribution in [0.25, 0.3) is 0 Å². The lowest BCUT2D eigenvalue weighted by atomic mass is 10.2. The number of nitrogens with one attached hydrogen (secondary N) is 2. The molecule has 1 saturated heterocycles. The van der Waals surface area contributed by atoms with Crippen molar-refractivity contribution in [2.75, 3.05) is 46.6 Å². The van der Waals surface area contributed by atoms with Gasteiger partial charge in [-0.2, -0.15) is 11.8 Å². The number of aliphatic imine (C=N–C) groups is 1. The molecule has 0 aliphatic carbocycles. The summed E-state index contributed by atoms with van der Waals surface area (Å²) < 4.78 is 5.77. The third kappa shape index (κ3) is 9.32. The highest BCUT2D eigenvalue weighted by Gasteiger charge is 2.15. The van der Waals surface area contributed by atoms with Gasteiger partial charge in [0.15, 0.2) is 5.96 Å². The van der Waals surface area contributed by atoms with Gasteiger partial charge in [-0.05, 0) is 56.8 Å². The van der Waals surface area contributed by atoms with Gasteiger partial charge in [0.05, 0.1) is 6.61 Å². The van der Waals surface area contributed by atoms with Gasteiger partial charge in [-0.25, -0.2) is 0 Å². The molecule has 148 valence electrons. The normalized spacial score (nSPS) is 17.1. The lowest BCUT2D eigenvalue weighted by molar-refractivity contribution is 0.281. The Kier molecular flexibility index (Phi) is 12.1. The molecule has 0 aromatic heterocycles. The predicted molar refractivity (Wildman–Crippen MR) is 124 cm³/mol. The number of nitrogens with zero attached hydrogens (tertiary/aromatic N) is 2. The maximum Gasteiger partial charge on any atom is 0.191 e. The highest BCUT2D eigenvalue weighted by atomic mass is 127. The molecule has 2 N–H and O–H groups in total. The number of halogens is 1. The number of thioether (sulfide) groups is 1. The fourth-order valence-corrected chi connectivity index (χ4v) is 3.90. The second-order valence-electron chi connectivity index (χ2n) is 6.59. The van der Waals surface area contributed by atoms with Crippen LogP contribution in [0.1, 0.15) is 24.8 Å². The van der Waals surface area contributed by atoms with E-state index in [4.69, 9.17) is 4.74 Å². The standard InChI is InChI=1S/C19H32N4OS.HI/c1-20-19(22-15-18-6-4-13-25-18)21-14-16-7-9-17(10-8-16)24-12-5-11-23(2)3;/h7-10,18H,4-6,11-15H2,1-3H3,(H2,20,21,22);1H. The van der Waals surface area contributed by atoms with Gasteiger partial charge >= 0.3 is 0 Å². The zero-order chi connectivity index (χ0) is 17.9. The summed E-state index contributed by atoms with van der Waals surface area (Å²) in [6, 6.07) is 8.29. The molecule has 0 spiro atoms. The van der Waals surface area contributed by atoms with Crippen molar-refractivity contribution in [2.24, 2.45) is 4.99 Å². The molecule has 26 heavy (non-hydrogen) atoms. The van der Waals surface area contributed by atoms with Crippen molar-refractivity contribution in [3.8, 4) is 5.75 Å². The Balaban J connectivity index is 0.00000338. The van der Waals surface area contributed by atoms with E-state index < -0.39 is 0 Å². The third-order valence-corrected chi connectivity index (χ3v) is 5.54. The predicted octanol–water partition coefficient (Wildman–Crippen LogP) is 3.20. The molecule has 2 rings (SSSR count). The summed E-state index contributed by atoms with van der Waals surface area (Å²) in [7, 11) is 5.98. The van der Waals surface area contributed by atoms with Crippen LogP contribution in [0.2, 0.25) is 0 Å². The smallest absolute Gasteiger partial charge is 0.191 e. The van der Waals surface area contributed by atoms with Gasteiger partial charge in [-0.1, -0.05) is 12.1 Å². The van der Waals surface area contributed by atoms with Crippen molar-refractivity contribution in [3.05, 3.63) is 29.8 Å². The number of rotatable bonds is 9. The molecule has 0 saturated carbocycles. The fourth-order valence-electron chi connectivity index (χ4n) is 2.70. The summed E-state index contributed by atoms with van der Waals surface area (Å²) >= 11 is 2.06. The molecule has 1 unspecified atom stereocenters. The molecular weight excluding hydrogens is 459 g/mol. The van der Waals surface area contributed by atoms with Crippen molar-refractivity contribution in [3.63, 3.8) is 0 Å². The van der Waals surface area contributed by atoms with Crippen LogP contribution in [0.4, 0.5) is 0 Å². The summed E-state index contributed by atoms with van der Waals surface area (Å²) in [6.07, 6.45) is 3.69. The Morgan fingerprint density at radius 3 is 2.65 bits per heavy atom. The van der Waals surface area contributed by atoms with E-state index in [0.29, 0.717) is 0 Å². The SMILES string of the molecule is CN=C(NCc1ccc(OCCCN(C)C)cc1)NCC1CCCS1.I. The second kappa shape index (κ2) is 13.5. The lowest BCUT2D eigenvalue weighted by Gasteiger charge is -2.15. The van der Waals surface area contributed by atoms with Crippen LogP contribution in [-0.2, 0) is 6.54 Å². The van der Waals surface area contributed by atoms with Crippen LogP contribution in [0.5, 0.6) is 5.75 Å². The summed E-state index contributed by atoms with van der Waals surface area (Å²) in [4.78, 5) is 6.47. The van der Waals surface area contributed by atoms with Gasteiger partial charge in [0, 0.05) is 31.9 Å². The Morgan fingerprint density at radius 1 is 1.27 bits per heavy atom. The Hall–Kier alpha value is -0.670. The number of hydrogen-bond acceptors (Lipinski definition) is 4. The molecule has 0 bridgehead atoms. The molecule has 1 aromatic carbocycles. The largest absolute Gasteiger partial charge is 0.494 e. The van der Waals surface area contributed by atoms with E-state index in [-0.39, 0.29) is 24.0 Å². The van der Waals surface area contributed by atoms with Crippen LogP contribution in [0.3, 0.4) is 0 Å². The number of benzene rings is 1. The minimum absolute atomic E-state index is 0. The summed E-state index contributed by atoms with van der Waals surface area (Å²) in [6.45, 7) is 3.56. The molecule has 1 fully saturated rings. The average Bonchev–Trinajstić information content (AvgIpc) is 3.13. The van der Waals surface area contributed by atoms with E-state index in [9.17, 15) is 0 Å². The van der Waals surface area contributed by atoms with Crippen LogP contribution in [0.15, 0.2) is 29.3 Å². The second-order valence-corrected chi connectivity index (χ2v) is 8.00. The van der Waals surface area contributed by atoms with Crippen LogP contribution in [0, 0.1) is 0 Å². The summed E-state index contributed by atoms with van der Waals surface area (Å²) in [5, 5.41) is 7.53. The number of guanidine groups is 1. The minimum Gasteiger partial charge on any atom is -0.494 e. The molecule has 5 nitrogen and oxygen atoms in total. The van der Waals surface area contributed by atoms with Crippen molar-refractivity contribution in [1.29, 1.82) is 0 Å². The van der Waals surface area contributed by atoms with E-state index in [1.165, 1.54) is 24.2 Å². The molecule has 1 heterocycles. The van der Waals surface area contributed by atoms with Gasteiger partial charge in [-0.3, -0.25) is 4.99 Å². The van der Waals surface area contributed by atoms with Crippen molar-refractivity contribution in [2.45, 2.75) is 31.1 Å². The van der Waals surface area contributed by atoms with Gasteiger partial charge in [0.2, 0.25) is 0 Å². The van der Waals surface area contributed by atoms with Gasteiger partial charge < -0.3 is 20.3 Å². The topological polar surface area (TPSA) is 48.9 Å². The van der Waals surface area contributed by atoms with E-state index in [2.05, 4.69) is 58.5 Å². The summed E-state index contributed by atoms with van der Waals surface area (Å²) in [5.74, 6) is 3.10. The van der Waals surface area contributed by atoms with Crippen molar-refractivity contribution < 1.29 is 4.74 Å². The third-order valence-electron chi connectivity index (χ3n) is 4.15. The molecule has 1 aliphatic heterocycles. The first kappa shape index (κ1) is 23.4. The Labute approximate surface area is 179 Å². The van der Waals surface area contributed by atoms with Crippen LogP contribution in [-0.4, -0.2) is 62.7 Å². The molecule has 7 heteroatoms. The van der Waals surface area contributed by atoms with Crippen LogP contribution >= 0.6 is 35.7 Å². The molecule has 1 aliphatic rings. The molecule has 0 radical (unpaired) electrons. The van der Waals surface area contributed by atoms with Gasteiger partial charge in [0.1, 0.15) is 5.75 Å². The first-order valence-electron chi connectivity index (χ1n) is 9.10. The maximum absolute atomic E-state index is 5.77. The summed E-state index contributed by atoms with van der Waals surface area (Å²) in [5.41, 5.74) is 1.22. The first-order valence-corrected chi connectivity index (χ1v) is 10.1. The molecule has 1 aromatic rings. The highest BCUT2D eigenvalue weighted by molar-refractivity contribution is 14.0. The highest BCUT2D eigenvalue weighted by Crippen LogP contribution is 2.25. The zero-order valence-corrected chi connectivity index (χ0v) is 19.3.